The van der Waals surface area contributed by atoms with Crippen LogP contribution >= 0.6 is 0 Å². The summed E-state index contributed by atoms with van der Waals surface area (Å²) in [5, 5.41) is 0. The molecule has 0 saturated heterocycles. The van der Waals surface area contributed by atoms with E-state index in [2.05, 4.69) is 0 Å². The van der Waals surface area contributed by atoms with Crippen molar-refractivity contribution < 1.29 is 13.2 Å². The highest BCUT2D eigenvalue weighted by Gasteiger charge is 2.19. The predicted octanol–water partition coefficient (Wildman–Crippen LogP) is 0.412. The van der Waals surface area contributed by atoms with E-state index in [0.717, 1.165) is 5.56 Å². The van der Waals surface area contributed by atoms with Crippen molar-refractivity contribution in [2.24, 2.45) is 5.73 Å². The molecule has 5 nitrogen and oxygen atoms in total. The number of carbonyl (C=O) groups excluding carboxylic acids is 1. The lowest BCUT2D eigenvalue weighted by Gasteiger charge is -2.12. The normalized spacial score (nSPS) is 13.0. The SMILES string of the molecule is CCCS(=O)(=O)NC(=O)[C@@H](N)Cc1ccccc1. The van der Waals surface area contributed by atoms with Gasteiger partial charge in [-0.1, -0.05) is 37.3 Å². The number of nitrogens with two attached hydrogens (primary N) is 1. The Morgan fingerprint density at radius 1 is 1.33 bits per heavy atom. The number of hydrogen-bond acceptors (Lipinski definition) is 4. The van der Waals surface area contributed by atoms with Crippen molar-refractivity contribution in [3.63, 3.8) is 0 Å². The van der Waals surface area contributed by atoms with Crippen molar-refractivity contribution in [2.75, 3.05) is 5.75 Å². The summed E-state index contributed by atoms with van der Waals surface area (Å²) in [7, 11) is -3.55. The molecule has 0 spiro atoms. The van der Waals surface area contributed by atoms with Crippen LogP contribution < -0.4 is 10.5 Å². The fourth-order valence-electron chi connectivity index (χ4n) is 1.51. The van der Waals surface area contributed by atoms with Crippen LogP contribution in [0.5, 0.6) is 0 Å². The molecule has 1 aromatic rings. The fourth-order valence-corrected chi connectivity index (χ4v) is 2.61. The van der Waals surface area contributed by atoms with Gasteiger partial charge in [-0.3, -0.25) is 9.52 Å². The molecule has 0 radical (unpaired) electrons. The molecule has 1 rings (SSSR count). The highest BCUT2D eigenvalue weighted by Crippen LogP contribution is 2.02. The molecule has 1 aromatic carbocycles. The number of rotatable bonds is 6. The van der Waals surface area contributed by atoms with Crippen molar-refractivity contribution in [1.82, 2.24) is 4.72 Å². The average molecular weight is 270 g/mol. The number of sulfonamides is 1. The molecule has 0 fully saturated rings. The van der Waals surface area contributed by atoms with Crippen LogP contribution in [-0.2, 0) is 21.2 Å². The lowest BCUT2D eigenvalue weighted by atomic mass is 10.1. The molecule has 0 unspecified atom stereocenters. The van der Waals surface area contributed by atoms with Gasteiger partial charge in [-0.05, 0) is 18.4 Å². The van der Waals surface area contributed by atoms with Gasteiger partial charge in [0.25, 0.3) is 5.91 Å². The Morgan fingerprint density at radius 3 is 2.50 bits per heavy atom. The molecule has 100 valence electrons. The fraction of sp³-hybridized carbons (Fsp3) is 0.417. The number of hydrogen-bond donors (Lipinski definition) is 2. The Hall–Kier alpha value is -1.40. The summed E-state index contributed by atoms with van der Waals surface area (Å²) in [4.78, 5) is 11.6. The second-order valence-electron chi connectivity index (χ2n) is 4.08. The van der Waals surface area contributed by atoms with Crippen molar-refractivity contribution in [3.8, 4) is 0 Å². The van der Waals surface area contributed by atoms with Gasteiger partial charge in [-0.15, -0.1) is 0 Å². The molecule has 6 heteroatoms. The summed E-state index contributed by atoms with van der Waals surface area (Å²) in [5.74, 6) is -0.733. The molecule has 0 aromatic heterocycles. The molecule has 1 amide bonds. The number of benzene rings is 1. The summed E-state index contributed by atoms with van der Waals surface area (Å²) < 4.78 is 24.8. The number of carbonyl (C=O) groups is 1. The maximum Gasteiger partial charge on any atom is 0.250 e. The highest BCUT2D eigenvalue weighted by molar-refractivity contribution is 7.90. The van der Waals surface area contributed by atoms with E-state index >= 15 is 0 Å². The molecule has 0 bridgehead atoms. The summed E-state index contributed by atoms with van der Waals surface area (Å²) in [5.41, 5.74) is 6.57. The van der Waals surface area contributed by atoms with E-state index in [1.54, 1.807) is 6.92 Å². The van der Waals surface area contributed by atoms with E-state index in [4.69, 9.17) is 5.73 Å². The third kappa shape index (κ3) is 4.85. The minimum atomic E-state index is -3.55. The molecule has 0 aliphatic rings. The minimum Gasteiger partial charge on any atom is -0.320 e. The largest absolute Gasteiger partial charge is 0.320 e. The van der Waals surface area contributed by atoms with Gasteiger partial charge in [0.05, 0.1) is 11.8 Å². The van der Waals surface area contributed by atoms with E-state index in [1.165, 1.54) is 0 Å². The maximum atomic E-state index is 11.6. The Bertz CT molecular complexity index is 485. The van der Waals surface area contributed by atoms with Crippen LogP contribution in [0.4, 0.5) is 0 Å². The van der Waals surface area contributed by atoms with Gasteiger partial charge < -0.3 is 5.73 Å². The summed E-state index contributed by atoms with van der Waals surface area (Å²) in [6.45, 7) is 1.73. The summed E-state index contributed by atoms with van der Waals surface area (Å²) in [6, 6.07) is 8.36. The molecule has 3 N–H and O–H groups in total. The number of amides is 1. The highest BCUT2D eigenvalue weighted by atomic mass is 32.2. The smallest absolute Gasteiger partial charge is 0.250 e. The van der Waals surface area contributed by atoms with Gasteiger partial charge in [-0.2, -0.15) is 0 Å². The topological polar surface area (TPSA) is 89.3 Å². The van der Waals surface area contributed by atoms with Gasteiger partial charge in [-0.25, -0.2) is 8.42 Å². The summed E-state index contributed by atoms with van der Waals surface area (Å²) >= 11 is 0. The summed E-state index contributed by atoms with van der Waals surface area (Å²) in [6.07, 6.45) is 0.769. The zero-order valence-corrected chi connectivity index (χ0v) is 11.1. The van der Waals surface area contributed by atoms with Crippen molar-refractivity contribution >= 4 is 15.9 Å². The van der Waals surface area contributed by atoms with Gasteiger partial charge >= 0.3 is 0 Å². The van der Waals surface area contributed by atoms with E-state index in [9.17, 15) is 13.2 Å². The van der Waals surface area contributed by atoms with Gasteiger partial charge in [0, 0.05) is 0 Å². The molecule has 0 heterocycles. The van der Waals surface area contributed by atoms with E-state index < -0.39 is 22.0 Å². The van der Waals surface area contributed by atoms with Gasteiger partial charge in [0.2, 0.25) is 10.0 Å². The first-order valence-electron chi connectivity index (χ1n) is 5.78. The molecular weight excluding hydrogens is 252 g/mol. The first-order chi connectivity index (χ1) is 8.44. The minimum absolute atomic E-state index is 0.0726. The van der Waals surface area contributed by atoms with Crippen LogP contribution in [0.1, 0.15) is 18.9 Å². The standard InChI is InChI=1S/C12H18N2O3S/c1-2-8-18(16,17)14-12(15)11(13)9-10-6-4-3-5-7-10/h3-7,11H,2,8-9,13H2,1H3,(H,14,15)/t11-/m0/s1. The van der Waals surface area contributed by atoms with Crippen molar-refractivity contribution in [1.29, 1.82) is 0 Å². The first kappa shape index (κ1) is 14.7. The Morgan fingerprint density at radius 2 is 1.94 bits per heavy atom. The van der Waals surface area contributed by atoms with E-state index in [-0.39, 0.29) is 5.75 Å². The molecule has 0 saturated carbocycles. The molecule has 0 aliphatic carbocycles. The zero-order valence-electron chi connectivity index (χ0n) is 10.3. The van der Waals surface area contributed by atoms with Crippen LogP contribution in [0.25, 0.3) is 0 Å². The quantitative estimate of drug-likeness (QED) is 0.783. The average Bonchev–Trinajstić information content (AvgIpc) is 2.29. The van der Waals surface area contributed by atoms with Gasteiger partial charge in [0.1, 0.15) is 0 Å². The van der Waals surface area contributed by atoms with Crippen LogP contribution in [0.2, 0.25) is 0 Å². The molecule has 18 heavy (non-hydrogen) atoms. The van der Waals surface area contributed by atoms with Crippen LogP contribution in [0.15, 0.2) is 30.3 Å². The van der Waals surface area contributed by atoms with Crippen LogP contribution in [0, 0.1) is 0 Å². The zero-order chi connectivity index (χ0) is 13.6. The lowest BCUT2D eigenvalue weighted by Crippen LogP contribution is -2.45. The van der Waals surface area contributed by atoms with E-state index in [1.807, 2.05) is 35.1 Å². The third-order valence-corrected chi connectivity index (χ3v) is 3.82. The van der Waals surface area contributed by atoms with Crippen molar-refractivity contribution in [3.05, 3.63) is 35.9 Å². The van der Waals surface area contributed by atoms with Gasteiger partial charge in [0.15, 0.2) is 0 Å². The molecule has 0 aliphatic heterocycles. The van der Waals surface area contributed by atoms with E-state index in [0.29, 0.717) is 12.8 Å². The second kappa shape index (κ2) is 6.51. The van der Waals surface area contributed by atoms with Crippen LogP contribution in [0.3, 0.4) is 0 Å². The first-order valence-corrected chi connectivity index (χ1v) is 7.43. The Kier molecular flexibility index (Phi) is 5.30. The third-order valence-electron chi connectivity index (χ3n) is 2.36. The van der Waals surface area contributed by atoms with Crippen LogP contribution in [-0.4, -0.2) is 26.1 Å². The monoisotopic (exact) mass is 270 g/mol. The number of nitrogens with one attached hydrogen (secondary N) is 1. The molecular formula is C12H18N2O3S. The lowest BCUT2D eigenvalue weighted by molar-refractivity contribution is -0.120. The maximum absolute atomic E-state index is 11.6. The Labute approximate surface area is 107 Å². The van der Waals surface area contributed by atoms with Crippen molar-refractivity contribution in [2.45, 2.75) is 25.8 Å². The Balaban J connectivity index is 2.57. The predicted molar refractivity (Wildman–Crippen MR) is 70.3 cm³/mol. The molecule has 1 atom stereocenters. The second-order valence-corrected chi connectivity index (χ2v) is 5.92.